The van der Waals surface area contributed by atoms with E-state index in [0.717, 1.165) is 30.5 Å². The van der Waals surface area contributed by atoms with E-state index in [1.54, 1.807) is 12.3 Å². The van der Waals surface area contributed by atoms with Crippen molar-refractivity contribution in [3.8, 4) is 0 Å². The molecule has 0 fully saturated rings. The van der Waals surface area contributed by atoms with Gasteiger partial charge >= 0.3 is 5.97 Å². The highest BCUT2D eigenvalue weighted by molar-refractivity contribution is 5.91. The smallest absolute Gasteiger partial charge is 0.338 e. The molecular weight excluding hydrogens is 178 g/mol. The minimum absolute atomic E-state index is 0.245. The standard InChI is InChI=1S/C11H13NO2/c1-14-11(13)9-6-7-12-10-5-3-2-4-8(9)10/h6-7H,2-5H2,1H3. The zero-order valence-electron chi connectivity index (χ0n) is 8.25. The van der Waals surface area contributed by atoms with E-state index in [1.807, 2.05) is 0 Å². The summed E-state index contributed by atoms with van der Waals surface area (Å²) < 4.78 is 4.74. The number of esters is 1. The maximum Gasteiger partial charge on any atom is 0.338 e. The van der Waals surface area contributed by atoms with Crippen LogP contribution in [0, 0.1) is 0 Å². The Hall–Kier alpha value is -1.38. The molecule has 0 saturated heterocycles. The first kappa shape index (κ1) is 9.19. The van der Waals surface area contributed by atoms with Crippen LogP contribution in [-0.4, -0.2) is 18.1 Å². The van der Waals surface area contributed by atoms with Gasteiger partial charge in [0, 0.05) is 11.9 Å². The van der Waals surface area contributed by atoms with E-state index in [9.17, 15) is 4.79 Å². The van der Waals surface area contributed by atoms with Crippen molar-refractivity contribution in [3.63, 3.8) is 0 Å². The minimum Gasteiger partial charge on any atom is -0.465 e. The number of nitrogens with zero attached hydrogens (tertiary/aromatic N) is 1. The van der Waals surface area contributed by atoms with Gasteiger partial charge in [0.15, 0.2) is 0 Å². The summed E-state index contributed by atoms with van der Waals surface area (Å²) in [6.07, 6.45) is 5.94. The first-order valence-corrected chi connectivity index (χ1v) is 4.88. The Morgan fingerprint density at radius 2 is 2.21 bits per heavy atom. The van der Waals surface area contributed by atoms with Crippen LogP contribution in [0.25, 0.3) is 0 Å². The number of carbonyl (C=O) groups is 1. The number of aryl methyl sites for hydroxylation is 1. The van der Waals surface area contributed by atoms with Crippen molar-refractivity contribution < 1.29 is 9.53 Å². The zero-order valence-corrected chi connectivity index (χ0v) is 8.25. The lowest BCUT2D eigenvalue weighted by atomic mass is 9.92. The summed E-state index contributed by atoms with van der Waals surface area (Å²) in [5.41, 5.74) is 2.85. The second-order valence-corrected chi connectivity index (χ2v) is 3.48. The number of rotatable bonds is 1. The molecule has 2 rings (SSSR count). The molecule has 0 saturated carbocycles. The first-order valence-electron chi connectivity index (χ1n) is 4.88. The molecule has 0 aliphatic heterocycles. The van der Waals surface area contributed by atoms with E-state index < -0.39 is 0 Å². The van der Waals surface area contributed by atoms with E-state index in [1.165, 1.54) is 13.5 Å². The molecular formula is C11H13NO2. The molecule has 0 atom stereocenters. The van der Waals surface area contributed by atoms with Gasteiger partial charge in [-0.05, 0) is 37.3 Å². The van der Waals surface area contributed by atoms with Gasteiger partial charge in [0.05, 0.1) is 12.7 Å². The average molecular weight is 191 g/mol. The Labute approximate surface area is 83.1 Å². The third-order valence-corrected chi connectivity index (χ3v) is 2.64. The van der Waals surface area contributed by atoms with Crippen molar-refractivity contribution in [2.75, 3.05) is 7.11 Å². The number of pyridine rings is 1. The summed E-state index contributed by atoms with van der Waals surface area (Å²) >= 11 is 0. The van der Waals surface area contributed by atoms with Crippen LogP contribution < -0.4 is 0 Å². The normalized spacial score (nSPS) is 14.6. The zero-order chi connectivity index (χ0) is 9.97. The molecule has 1 heterocycles. The maximum atomic E-state index is 11.4. The van der Waals surface area contributed by atoms with Crippen molar-refractivity contribution in [2.45, 2.75) is 25.7 Å². The van der Waals surface area contributed by atoms with Gasteiger partial charge in [-0.2, -0.15) is 0 Å². The van der Waals surface area contributed by atoms with Gasteiger partial charge in [-0.3, -0.25) is 4.98 Å². The van der Waals surface area contributed by atoms with Crippen LogP contribution in [0.4, 0.5) is 0 Å². The number of fused-ring (bicyclic) bond motifs is 1. The number of hydrogen-bond donors (Lipinski definition) is 0. The van der Waals surface area contributed by atoms with Crippen molar-refractivity contribution in [2.24, 2.45) is 0 Å². The Bertz CT molecular complexity index is 360. The van der Waals surface area contributed by atoms with E-state index in [4.69, 9.17) is 4.74 Å². The van der Waals surface area contributed by atoms with Crippen LogP contribution in [-0.2, 0) is 17.6 Å². The molecule has 74 valence electrons. The van der Waals surface area contributed by atoms with Crippen LogP contribution in [0.1, 0.15) is 34.5 Å². The van der Waals surface area contributed by atoms with Gasteiger partial charge in [0.25, 0.3) is 0 Å². The lowest BCUT2D eigenvalue weighted by molar-refractivity contribution is 0.0599. The van der Waals surface area contributed by atoms with Gasteiger partial charge in [-0.15, -0.1) is 0 Å². The fourth-order valence-electron chi connectivity index (χ4n) is 1.93. The molecule has 0 spiro atoms. The predicted octanol–water partition coefficient (Wildman–Crippen LogP) is 1.75. The third-order valence-electron chi connectivity index (χ3n) is 2.64. The Kier molecular flexibility index (Phi) is 2.48. The van der Waals surface area contributed by atoms with Gasteiger partial charge in [-0.1, -0.05) is 0 Å². The fraction of sp³-hybridized carbons (Fsp3) is 0.455. The molecule has 1 aromatic heterocycles. The van der Waals surface area contributed by atoms with Crippen LogP contribution in [0.2, 0.25) is 0 Å². The number of methoxy groups -OCH3 is 1. The Morgan fingerprint density at radius 1 is 1.43 bits per heavy atom. The summed E-state index contributed by atoms with van der Waals surface area (Å²) in [5.74, 6) is -0.245. The maximum absolute atomic E-state index is 11.4. The molecule has 1 aromatic rings. The molecule has 0 bridgehead atoms. The van der Waals surface area contributed by atoms with Crippen molar-refractivity contribution in [1.82, 2.24) is 4.98 Å². The average Bonchev–Trinajstić information content (AvgIpc) is 2.27. The molecule has 1 aliphatic carbocycles. The molecule has 0 amide bonds. The Balaban J connectivity index is 2.45. The number of hydrogen-bond acceptors (Lipinski definition) is 3. The highest BCUT2D eigenvalue weighted by atomic mass is 16.5. The quantitative estimate of drug-likeness (QED) is 0.635. The molecule has 1 aliphatic rings. The van der Waals surface area contributed by atoms with Crippen LogP contribution >= 0.6 is 0 Å². The molecule has 0 radical (unpaired) electrons. The lowest BCUT2D eigenvalue weighted by Crippen LogP contribution is -2.13. The van der Waals surface area contributed by atoms with Gasteiger partial charge in [0.1, 0.15) is 0 Å². The largest absolute Gasteiger partial charge is 0.465 e. The van der Waals surface area contributed by atoms with Gasteiger partial charge < -0.3 is 4.74 Å². The first-order chi connectivity index (χ1) is 6.83. The highest BCUT2D eigenvalue weighted by Gasteiger charge is 2.18. The second kappa shape index (κ2) is 3.78. The van der Waals surface area contributed by atoms with Crippen molar-refractivity contribution in [1.29, 1.82) is 0 Å². The Morgan fingerprint density at radius 3 is 3.00 bits per heavy atom. The predicted molar refractivity (Wildman–Crippen MR) is 52.2 cm³/mol. The topological polar surface area (TPSA) is 39.2 Å². The summed E-state index contributed by atoms with van der Waals surface area (Å²) in [6.45, 7) is 0. The summed E-state index contributed by atoms with van der Waals surface area (Å²) in [5, 5.41) is 0. The van der Waals surface area contributed by atoms with Crippen molar-refractivity contribution in [3.05, 3.63) is 29.1 Å². The summed E-state index contributed by atoms with van der Waals surface area (Å²) in [4.78, 5) is 15.7. The molecule has 0 aromatic carbocycles. The second-order valence-electron chi connectivity index (χ2n) is 3.48. The molecule has 3 nitrogen and oxygen atoms in total. The van der Waals surface area contributed by atoms with Crippen LogP contribution in [0.3, 0.4) is 0 Å². The third kappa shape index (κ3) is 1.50. The van der Waals surface area contributed by atoms with Crippen molar-refractivity contribution >= 4 is 5.97 Å². The molecule has 14 heavy (non-hydrogen) atoms. The summed E-state index contributed by atoms with van der Waals surface area (Å²) in [7, 11) is 1.41. The number of aromatic nitrogens is 1. The number of carbonyl (C=O) groups excluding carboxylic acids is 1. The lowest BCUT2D eigenvalue weighted by Gasteiger charge is -2.16. The van der Waals surface area contributed by atoms with E-state index in [-0.39, 0.29) is 5.97 Å². The van der Waals surface area contributed by atoms with E-state index >= 15 is 0 Å². The monoisotopic (exact) mass is 191 g/mol. The molecule has 3 heteroatoms. The molecule has 0 unspecified atom stereocenters. The van der Waals surface area contributed by atoms with E-state index in [0.29, 0.717) is 5.56 Å². The van der Waals surface area contributed by atoms with Gasteiger partial charge in [-0.25, -0.2) is 4.79 Å². The fourth-order valence-corrected chi connectivity index (χ4v) is 1.93. The number of ether oxygens (including phenoxy) is 1. The van der Waals surface area contributed by atoms with E-state index in [2.05, 4.69) is 4.98 Å². The van der Waals surface area contributed by atoms with Crippen LogP contribution in [0.15, 0.2) is 12.3 Å². The van der Waals surface area contributed by atoms with Crippen LogP contribution in [0.5, 0.6) is 0 Å². The highest BCUT2D eigenvalue weighted by Crippen LogP contribution is 2.22. The summed E-state index contributed by atoms with van der Waals surface area (Å²) in [6, 6.07) is 1.75. The SMILES string of the molecule is COC(=O)c1ccnc2c1CCCC2. The molecule has 0 N–H and O–H groups in total. The van der Waals surface area contributed by atoms with Gasteiger partial charge in [0.2, 0.25) is 0 Å². The minimum atomic E-state index is -0.245.